The van der Waals surface area contributed by atoms with Crippen molar-refractivity contribution in [1.82, 2.24) is 9.88 Å². The minimum absolute atomic E-state index is 0.00268. The first-order chi connectivity index (χ1) is 14.6. The zero-order chi connectivity index (χ0) is 22.3. The predicted octanol–water partition coefficient (Wildman–Crippen LogP) is 4.46. The molecule has 3 heterocycles. The van der Waals surface area contributed by atoms with Crippen LogP contribution in [-0.2, 0) is 9.84 Å². The number of likely N-dealkylation sites (tertiary alicyclic amines) is 1. The minimum atomic E-state index is -4.12. The number of aromatic nitrogens is 1. The number of halogens is 4. The summed E-state index contributed by atoms with van der Waals surface area (Å²) in [5, 5.41) is 0.444. The quantitative estimate of drug-likeness (QED) is 0.622. The lowest BCUT2D eigenvalue weighted by Crippen LogP contribution is -2.54. The molecule has 2 aliphatic heterocycles. The van der Waals surface area contributed by atoms with Crippen LogP contribution < -0.4 is 4.74 Å². The van der Waals surface area contributed by atoms with Gasteiger partial charge in [-0.1, -0.05) is 11.6 Å². The maximum absolute atomic E-state index is 12.9. The van der Waals surface area contributed by atoms with Gasteiger partial charge in [0.25, 0.3) is 0 Å². The van der Waals surface area contributed by atoms with Crippen molar-refractivity contribution in [3.8, 4) is 5.75 Å². The molecule has 1 aromatic heterocycles. The molecule has 3 aliphatic rings. The number of ether oxygens (including phenoxy) is 1. The second-order valence-electron chi connectivity index (χ2n) is 9.35. The van der Waals surface area contributed by atoms with Crippen molar-refractivity contribution >= 4 is 21.4 Å². The van der Waals surface area contributed by atoms with Crippen LogP contribution in [0.4, 0.5) is 13.2 Å². The van der Waals surface area contributed by atoms with Crippen LogP contribution >= 0.6 is 11.6 Å². The highest BCUT2D eigenvalue weighted by atomic mass is 35.5. The molecule has 5 nitrogen and oxygen atoms in total. The van der Waals surface area contributed by atoms with Gasteiger partial charge in [-0.15, -0.1) is 0 Å². The van der Waals surface area contributed by atoms with Gasteiger partial charge in [0.05, 0.1) is 34.3 Å². The Morgan fingerprint density at radius 3 is 2.35 bits per heavy atom. The Bertz CT molecular complexity index is 880. The number of hydrogen-bond donors (Lipinski definition) is 0. The van der Waals surface area contributed by atoms with E-state index < -0.39 is 21.9 Å². The topological polar surface area (TPSA) is 59.5 Å². The van der Waals surface area contributed by atoms with Gasteiger partial charge in [0, 0.05) is 23.9 Å². The molecule has 0 aromatic carbocycles. The molecule has 1 aromatic rings. The van der Waals surface area contributed by atoms with Gasteiger partial charge in [-0.25, -0.2) is 8.42 Å². The summed E-state index contributed by atoms with van der Waals surface area (Å²) in [5.41, 5.74) is 0.661. The van der Waals surface area contributed by atoms with E-state index in [0.717, 1.165) is 32.5 Å². The number of sulfone groups is 1. The van der Waals surface area contributed by atoms with Crippen LogP contribution in [0.1, 0.15) is 50.1 Å². The summed E-state index contributed by atoms with van der Waals surface area (Å²) in [6, 6.07) is 1.70. The molecule has 10 heteroatoms. The van der Waals surface area contributed by atoms with Gasteiger partial charge < -0.3 is 4.74 Å². The lowest BCUT2D eigenvalue weighted by atomic mass is 9.80. The Morgan fingerprint density at radius 1 is 1.16 bits per heavy atom. The van der Waals surface area contributed by atoms with Gasteiger partial charge in [0.1, 0.15) is 12.4 Å². The molecule has 1 aliphatic carbocycles. The van der Waals surface area contributed by atoms with Crippen LogP contribution in [0, 0.1) is 11.3 Å². The van der Waals surface area contributed by atoms with Gasteiger partial charge in [-0.05, 0) is 51.6 Å². The average molecular weight is 481 g/mol. The van der Waals surface area contributed by atoms with Crippen LogP contribution in [0.25, 0.3) is 0 Å². The van der Waals surface area contributed by atoms with Crippen molar-refractivity contribution in [3.63, 3.8) is 0 Å². The summed E-state index contributed by atoms with van der Waals surface area (Å²) in [5.74, 6) is -0.0480. The summed E-state index contributed by atoms with van der Waals surface area (Å²) in [6.45, 7) is 2.96. The molecule has 1 saturated carbocycles. The molecule has 3 fully saturated rings. The second-order valence-corrected chi connectivity index (χ2v) is 11.8. The predicted molar refractivity (Wildman–Crippen MR) is 112 cm³/mol. The van der Waals surface area contributed by atoms with E-state index in [4.69, 9.17) is 16.3 Å². The van der Waals surface area contributed by atoms with Crippen molar-refractivity contribution < 1.29 is 26.3 Å². The number of hydrogen-bond acceptors (Lipinski definition) is 5. The maximum Gasteiger partial charge on any atom is 0.391 e. The van der Waals surface area contributed by atoms with E-state index in [9.17, 15) is 21.6 Å². The largest absolute Gasteiger partial charge is 0.491 e. The highest BCUT2D eigenvalue weighted by Gasteiger charge is 2.49. The fourth-order valence-corrected chi connectivity index (χ4v) is 7.90. The van der Waals surface area contributed by atoms with E-state index in [0.29, 0.717) is 47.4 Å². The molecule has 0 amide bonds. The van der Waals surface area contributed by atoms with Gasteiger partial charge in [-0.2, -0.15) is 13.2 Å². The number of pyridine rings is 1. The summed E-state index contributed by atoms with van der Waals surface area (Å²) >= 11 is 6.37. The van der Waals surface area contributed by atoms with E-state index in [1.165, 1.54) is 0 Å². The fourth-order valence-electron chi connectivity index (χ4n) is 5.23. The molecular formula is C21H28ClF3N2O3S. The molecule has 0 atom stereocenters. The second kappa shape index (κ2) is 8.71. The van der Waals surface area contributed by atoms with Crippen LogP contribution in [0.3, 0.4) is 0 Å². The third kappa shape index (κ3) is 5.47. The van der Waals surface area contributed by atoms with E-state index in [-0.39, 0.29) is 24.2 Å². The highest BCUT2D eigenvalue weighted by Crippen LogP contribution is 2.44. The van der Waals surface area contributed by atoms with Crippen molar-refractivity contribution in [2.45, 2.75) is 50.6 Å². The molecule has 0 N–H and O–H groups in total. The third-order valence-electron chi connectivity index (χ3n) is 7.07. The van der Waals surface area contributed by atoms with Crippen molar-refractivity contribution in [2.75, 3.05) is 37.7 Å². The first-order valence-electron chi connectivity index (χ1n) is 10.8. The van der Waals surface area contributed by atoms with Gasteiger partial charge >= 0.3 is 6.18 Å². The van der Waals surface area contributed by atoms with Gasteiger partial charge in [-0.3, -0.25) is 9.88 Å². The molecule has 1 spiro atoms. The molecule has 31 heavy (non-hydrogen) atoms. The van der Waals surface area contributed by atoms with E-state index in [1.807, 2.05) is 0 Å². The Hall–Kier alpha value is -1.06. The summed E-state index contributed by atoms with van der Waals surface area (Å²) in [6.07, 6.45) is 0.409. The van der Waals surface area contributed by atoms with E-state index >= 15 is 0 Å². The van der Waals surface area contributed by atoms with Crippen molar-refractivity contribution in [3.05, 3.63) is 23.0 Å². The van der Waals surface area contributed by atoms with Crippen molar-refractivity contribution in [2.24, 2.45) is 11.3 Å². The van der Waals surface area contributed by atoms with Gasteiger partial charge in [0.2, 0.25) is 0 Å². The average Bonchev–Trinajstić information content (AvgIpc) is 2.68. The Labute approximate surface area is 186 Å². The standard InChI is InChI=1S/C21H28ClF3N2O3S/c22-18-11-17(12-26-19(18)15-1-3-16(4-2-15)21(23,24)25)30-10-9-27-7-5-20(6-8-27)13-31(28,29)14-20/h11-12,15-16H,1-10,13-14H2/t15-,16-. The zero-order valence-corrected chi connectivity index (χ0v) is 18.9. The van der Waals surface area contributed by atoms with Crippen LogP contribution in [0.2, 0.25) is 5.02 Å². The Morgan fingerprint density at radius 2 is 1.81 bits per heavy atom. The van der Waals surface area contributed by atoms with Crippen molar-refractivity contribution in [1.29, 1.82) is 0 Å². The third-order valence-corrected chi connectivity index (χ3v) is 9.47. The molecule has 174 valence electrons. The molecule has 0 unspecified atom stereocenters. The van der Waals surface area contributed by atoms with Crippen LogP contribution in [0.5, 0.6) is 5.75 Å². The molecule has 4 rings (SSSR count). The molecule has 0 bridgehead atoms. The number of nitrogens with zero attached hydrogens (tertiary/aromatic N) is 2. The lowest BCUT2D eigenvalue weighted by molar-refractivity contribution is -0.182. The smallest absolute Gasteiger partial charge is 0.391 e. The van der Waals surface area contributed by atoms with E-state index in [1.54, 1.807) is 12.3 Å². The normalized spacial score (nSPS) is 28.3. The summed E-state index contributed by atoms with van der Waals surface area (Å²) < 4.78 is 67.3. The number of alkyl halides is 3. The molecular weight excluding hydrogens is 453 g/mol. The van der Waals surface area contributed by atoms with Gasteiger partial charge in [0.15, 0.2) is 9.84 Å². The Kier molecular flexibility index (Phi) is 6.49. The minimum Gasteiger partial charge on any atom is -0.491 e. The first-order valence-corrected chi connectivity index (χ1v) is 13.0. The molecule has 0 radical (unpaired) electrons. The van der Waals surface area contributed by atoms with Crippen LogP contribution in [-0.4, -0.2) is 62.2 Å². The maximum atomic E-state index is 12.9. The Balaban J connectivity index is 1.22. The SMILES string of the molecule is O=S1(=O)CC2(CCN(CCOc3cnc([C@H]4CC[C@H](C(F)(F)F)CC4)c(Cl)c3)CC2)C1. The zero-order valence-electron chi connectivity index (χ0n) is 17.3. The lowest BCUT2D eigenvalue weighted by Gasteiger charge is -2.47. The first kappa shape index (κ1) is 23.1. The summed E-state index contributed by atoms with van der Waals surface area (Å²) in [7, 11) is -2.80. The number of piperidine rings is 1. The highest BCUT2D eigenvalue weighted by molar-refractivity contribution is 7.92. The monoisotopic (exact) mass is 480 g/mol. The van der Waals surface area contributed by atoms with Crippen LogP contribution in [0.15, 0.2) is 12.3 Å². The van der Waals surface area contributed by atoms with E-state index in [2.05, 4.69) is 9.88 Å². The number of rotatable bonds is 5. The summed E-state index contributed by atoms with van der Waals surface area (Å²) in [4.78, 5) is 6.67. The molecule has 2 saturated heterocycles. The fraction of sp³-hybridized carbons (Fsp3) is 0.762.